The van der Waals surface area contributed by atoms with Crippen LogP contribution in [0.15, 0.2) is 27.6 Å². The first-order valence-electron chi connectivity index (χ1n) is 9.70. The number of carbonyl (C=O) groups excluding carboxylic acids is 1. The van der Waals surface area contributed by atoms with E-state index >= 15 is 0 Å². The Balaban J connectivity index is 1.55. The summed E-state index contributed by atoms with van der Waals surface area (Å²) in [6, 6.07) is 4.49. The number of nitrogens with zero attached hydrogens (tertiary/aromatic N) is 4. The lowest BCUT2D eigenvalue weighted by atomic mass is 10.2. The number of hydrogen-bond acceptors (Lipinski definition) is 7. The highest BCUT2D eigenvalue weighted by atomic mass is 32.2. The zero-order valence-electron chi connectivity index (χ0n) is 16.7. The smallest absolute Gasteiger partial charge is 0.246 e. The Bertz CT molecular complexity index is 965. The first kappa shape index (κ1) is 21.3. The van der Waals surface area contributed by atoms with Gasteiger partial charge in [-0.15, -0.1) is 0 Å². The summed E-state index contributed by atoms with van der Waals surface area (Å²) in [5.74, 6) is 0.748. The molecule has 1 aromatic heterocycles. The van der Waals surface area contributed by atoms with E-state index in [-0.39, 0.29) is 36.1 Å². The summed E-state index contributed by atoms with van der Waals surface area (Å²) < 4.78 is 32.1. The van der Waals surface area contributed by atoms with Crippen molar-refractivity contribution in [3.63, 3.8) is 0 Å². The summed E-state index contributed by atoms with van der Waals surface area (Å²) >= 11 is 0. The van der Waals surface area contributed by atoms with Crippen molar-refractivity contribution < 1.29 is 22.8 Å². The SMILES string of the molecule is CCCc1noc(CCC(=O)N2CCN(S(=O)(=O)c3cc(C)ccc3O)CC2)n1. The summed E-state index contributed by atoms with van der Waals surface area (Å²) in [7, 11) is -3.81. The topological polar surface area (TPSA) is 117 Å². The van der Waals surface area contributed by atoms with Gasteiger partial charge in [0.2, 0.25) is 21.8 Å². The first-order chi connectivity index (χ1) is 13.8. The summed E-state index contributed by atoms with van der Waals surface area (Å²) in [6.07, 6.45) is 2.26. The maximum absolute atomic E-state index is 12.8. The minimum Gasteiger partial charge on any atom is -0.507 e. The van der Waals surface area contributed by atoms with Crippen molar-refractivity contribution >= 4 is 15.9 Å². The number of carbonyl (C=O) groups is 1. The third-order valence-corrected chi connectivity index (χ3v) is 6.79. The van der Waals surface area contributed by atoms with Crippen molar-refractivity contribution in [2.45, 2.75) is 44.4 Å². The number of phenols is 1. The fraction of sp³-hybridized carbons (Fsp3) is 0.526. The van der Waals surface area contributed by atoms with Crippen molar-refractivity contribution in [2.75, 3.05) is 26.2 Å². The van der Waals surface area contributed by atoms with Crippen molar-refractivity contribution in [2.24, 2.45) is 0 Å². The molecule has 1 fully saturated rings. The molecule has 3 rings (SSSR count). The van der Waals surface area contributed by atoms with E-state index in [4.69, 9.17) is 4.52 Å². The minimum absolute atomic E-state index is 0.0734. The van der Waals surface area contributed by atoms with E-state index in [2.05, 4.69) is 10.1 Å². The van der Waals surface area contributed by atoms with Gasteiger partial charge in [-0.05, 0) is 31.0 Å². The predicted molar refractivity (Wildman–Crippen MR) is 105 cm³/mol. The number of aryl methyl sites for hydroxylation is 3. The van der Waals surface area contributed by atoms with Crippen LogP contribution in [-0.2, 0) is 27.7 Å². The highest BCUT2D eigenvalue weighted by Gasteiger charge is 2.31. The van der Waals surface area contributed by atoms with E-state index in [1.54, 1.807) is 17.9 Å². The van der Waals surface area contributed by atoms with Gasteiger partial charge in [0.1, 0.15) is 10.6 Å². The number of aromatic hydroxyl groups is 1. The van der Waals surface area contributed by atoms with Gasteiger partial charge in [-0.1, -0.05) is 18.1 Å². The Morgan fingerprint density at radius 3 is 2.62 bits per heavy atom. The second kappa shape index (κ2) is 8.91. The van der Waals surface area contributed by atoms with Crippen LogP contribution in [0, 0.1) is 6.92 Å². The molecule has 0 aliphatic carbocycles. The van der Waals surface area contributed by atoms with Crippen molar-refractivity contribution in [1.82, 2.24) is 19.3 Å². The Morgan fingerprint density at radius 2 is 1.93 bits per heavy atom. The second-order valence-electron chi connectivity index (χ2n) is 7.11. The molecule has 1 aliphatic heterocycles. The summed E-state index contributed by atoms with van der Waals surface area (Å²) in [6.45, 7) is 4.76. The lowest BCUT2D eigenvalue weighted by molar-refractivity contribution is -0.132. The number of amides is 1. The quantitative estimate of drug-likeness (QED) is 0.718. The molecule has 1 aromatic carbocycles. The van der Waals surface area contributed by atoms with Crippen molar-refractivity contribution in [3.05, 3.63) is 35.5 Å². The number of rotatable bonds is 7. The van der Waals surface area contributed by atoms with E-state index in [1.165, 1.54) is 16.4 Å². The van der Waals surface area contributed by atoms with Gasteiger partial charge in [0.05, 0.1) is 0 Å². The van der Waals surface area contributed by atoms with E-state index in [0.717, 1.165) is 18.4 Å². The Labute approximate surface area is 170 Å². The van der Waals surface area contributed by atoms with Gasteiger partial charge < -0.3 is 14.5 Å². The Hall–Kier alpha value is -2.46. The largest absolute Gasteiger partial charge is 0.507 e. The molecule has 10 heteroatoms. The number of aromatic nitrogens is 2. The third-order valence-electron chi connectivity index (χ3n) is 4.86. The monoisotopic (exact) mass is 422 g/mol. The lowest BCUT2D eigenvalue weighted by Crippen LogP contribution is -2.50. The fourth-order valence-corrected chi connectivity index (χ4v) is 4.82. The third kappa shape index (κ3) is 4.94. The van der Waals surface area contributed by atoms with Crippen LogP contribution in [0.5, 0.6) is 5.75 Å². The summed E-state index contributed by atoms with van der Waals surface area (Å²) in [5.41, 5.74) is 0.748. The molecule has 0 saturated carbocycles. The van der Waals surface area contributed by atoms with Crippen LogP contribution in [0.1, 0.15) is 37.0 Å². The molecule has 158 valence electrons. The zero-order valence-corrected chi connectivity index (χ0v) is 17.5. The molecule has 1 N–H and O–H groups in total. The molecule has 1 aliphatic rings. The molecule has 1 amide bonds. The lowest BCUT2D eigenvalue weighted by Gasteiger charge is -2.34. The van der Waals surface area contributed by atoms with Gasteiger partial charge in [0, 0.05) is 45.4 Å². The van der Waals surface area contributed by atoms with Crippen LogP contribution in [0.3, 0.4) is 0 Å². The summed E-state index contributed by atoms with van der Waals surface area (Å²) in [4.78, 5) is 18.3. The van der Waals surface area contributed by atoms with E-state index in [9.17, 15) is 18.3 Å². The van der Waals surface area contributed by atoms with Gasteiger partial charge in [-0.3, -0.25) is 4.79 Å². The predicted octanol–water partition coefficient (Wildman–Crippen LogP) is 1.50. The van der Waals surface area contributed by atoms with Crippen LogP contribution in [0.4, 0.5) is 0 Å². The molecular formula is C19H26N4O5S. The van der Waals surface area contributed by atoms with Crippen molar-refractivity contribution in [3.8, 4) is 5.75 Å². The maximum atomic E-state index is 12.8. The Morgan fingerprint density at radius 1 is 1.21 bits per heavy atom. The van der Waals surface area contributed by atoms with E-state index in [1.807, 2.05) is 6.92 Å². The number of sulfonamides is 1. The first-order valence-corrected chi connectivity index (χ1v) is 11.1. The van der Waals surface area contributed by atoms with Gasteiger partial charge in [0.15, 0.2) is 5.82 Å². The molecule has 29 heavy (non-hydrogen) atoms. The molecule has 2 heterocycles. The normalized spacial score (nSPS) is 15.6. The highest BCUT2D eigenvalue weighted by molar-refractivity contribution is 7.89. The second-order valence-corrected chi connectivity index (χ2v) is 9.02. The van der Waals surface area contributed by atoms with Gasteiger partial charge in [-0.2, -0.15) is 9.29 Å². The molecule has 0 radical (unpaired) electrons. The molecule has 1 saturated heterocycles. The minimum atomic E-state index is -3.81. The zero-order chi connectivity index (χ0) is 21.0. The molecule has 0 bridgehead atoms. The number of hydrogen-bond donors (Lipinski definition) is 1. The van der Waals surface area contributed by atoms with Gasteiger partial charge in [0.25, 0.3) is 0 Å². The van der Waals surface area contributed by atoms with Crippen LogP contribution in [0.2, 0.25) is 0 Å². The van der Waals surface area contributed by atoms with E-state index in [0.29, 0.717) is 31.2 Å². The van der Waals surface area contributed by atoms with Crippen molar-refractivity contribution in [1.29, 1.82) is 0 Å². The van der Waals surface area contributed by atoms with Crippen LogP contribution >= 0.6 is 0 Å². The molecule has 9 nitrogen and oxygen atoms in total. The molecule has 0 spiro atoms. The van der Waals surface area contributed by atoms with Gasteiger partial charge >= 0.3 is 0 Å². The molecule has 0 unspecified atom stereocenters. The fourth-order valence-electron chi connectivity index (χ4n) is 3.23. The Kier molecular flexibility index (Phi) is 6.53. The highest BCUT2D eigenvalue weighted by Crippen LogP contribution is 2.27. The van der Waals surface area contributed by atoms with Gasteiger partial charge in [-0.25, -0.2) is 8.42 Å². The van der Waals surface area contributed by atoms with Crippen LogP contribution < -0.4 is 0 Å². The van der Waals surface area contributed by atoms with Crippen LogP contribution in [-0.4, -0.2) is 65.0 Å². The number of phenolic OH excluding ortho intramolecular Hbond substituents is 1. The number of benzene rings is 1. The van der Waals surface area contributed by atoms with E-state index < -0.39 is 10.0 Å². The maximum Gasteiger partial charge on any atom is 0.246 e. The molecule has 0 atom stereocenters. The standard InChI is InChI=1S/C19H26N4O5S/c1-3-4-17-20-18(28-21-17)7-8-19(25)22-9-11-23(12-10-22)29(26,27)16-13-14(2)5-6-15(16)24/h5-6,13,24H,3-4,7-12H2,1-2H3. The summed E-state index contributed by atoms with van der Waals surface area (Å²) in [5, 5.41) is 13.8. The molecule has 2 aromatic rings. The number of piperazine rings is 1. The average molecular weight is 423 g/mol. The average Bonchev–Trinajstić information content (AvgIpc) is 3.16. The van der Waals surface area contributed by atoms with Crippen LogP contribution in [0.25, 0.3) is 0 Å². The molecular weight excluding hydrogens is 396 g/mol.